The molecular weight excluding hydrogens is 232 g/mol. The number of hydrogen-bond donors (Lipinski definition) is 0. The van der Waals surface area contributed by atoms with Gasteiger partial charge in [-0.3, -0.25) is 0 Å². The molecule has 1 saturated carbocycles. The van der Waals surface area contributed by atoms with Gasteiger partial charge in [0.25, 0.3) is 5.82 Å². The Balaban J connectivity index is 2.24. The van der Waals surface area contributed by atoms with Crippen molar-refractivity contribution in [2.75, 3.05) is 0 Å². The smallest absolute Gasteiger partial charge is 0.234 e. The van der Waals surface area contributed by atoms with E-state index < -0.39 is 0 Å². The highest BCUT2D eigenvalue weighted by molar-refractivity contribution is 5.08. The first-order chi connectivity index (χ1) is 8.99. The topological polar surface area (TPSA) is 8.81 Å². The molecule has 0 N–H and O–H groups in total. The maximum Gasteiger partial charge on any atom is 0.253 e. The summed E-state index contributed by atoms with van der Waals surface area (Å²) in [5, 5.41) is 0. The van der Waals surface area contributed by atoms with Crippen LogP contribution in [0.15, 0.2) is 25.3 Å². The molecule has 1 fully saturated rings. The second kappa shape index (κ2) is 5.36. The van der Waals surface area contributed by atoms with E-state index in [-0.39, 0.29) is 0 Å². The maximum absolute atomic E-state index is 4.02. The monoisotopic (exact) mass is 259 g/mol. The Morgan fingerprint density at radius 2 is 1.89 bits per heavy atom. The summed E-state index contributed by atoms with van der Waals surface area (Å²) in [7, 11) is 2.15. The Labute approximate surface area is 117 Å². The van der Waals surface area contributed by atoms with E-state index in [0.717, 1.165) is 6.54 Å². The van der Waals surface area contributed by atoms with Crippen LogP contribution in [0.25, 0.3) is 0 Å². The van der Waals surface area contributed by atoms with Gasteiger partial charge in [0.1, 0.15) is 11.4 Å². The van der Waals surface area contributed by atoms with Crippen LogP contribution in [0, 0.1) is 38.5 Å². The van der Waals surface area contributed by atoms with Crippen molar-refractivity contribution in [3.05, 3.63) is 42.5 Å². The van der Waals surface area contributed by atoms with E-state index in [9.17, 15) is 0 Å². The first kappa shape index (κ1) is 14.1. The minimum atomic E-state index is 0.634. The average molecular weight is 259 g/mol. The van der Waals surface area contributed by atoms with Gasteiger partial charge in [-0.05, 0) is 24.7 Å². The fraction of sp³-hybridized carbons (Fsp3) is 0.588. The molecule has 3 atom stereocenters. The Bertz CT molecular complexity index is 470. The van der Waals surface area contributed by atoms with E-state index >= 15 is 0 Å². The van der Waals surface area contributed by atoms with Crippen LogP contribution in [0.5, 0.6) is 0 Å². The second-order valence-electron chi connectivity index (χ2n) is 6.01. The zero-order chi connectivity index (χ0) is 14.2. The summed E-state index contributed by atoms with van der Waals surface area (Å²) in [5.74, 6) is 3.35. The molecule has 0 spiro atoms. The van der Waals surface area contributed by atoms with Crippen LogP contribution in [0.2, 0.25) is 0 Å². The summed E-state index contributed by atoms with van der Waals surface area (Å²) in [6.45, 7) is 15.7. The van der Waals surface area contributed by atoms with Crippen molar-refractivity contribution in [1.82, 2.24) is 4.57 Å². The van der Waals surface area contributed by atoms with Crippen LogP contribution in [-0.4, -0.2) is 4.57 Å². The minimum Gasteiger partial charge on any atom is -0.234 e. The summed E-state index contributed by atoms with van der Waals surface area (Å²) in [6.07, 6.45) is 6.74. The lowest BCUT2D eigenvalue weighted by Crippen LogP contribution is -2.33. The molecule has 19 heavy (non-hydrogen) atoms. The molecule has 0 aliphatic heterocycles. The Kier molecular flexibility index (Phi) is 3.98. The lowest BCUT2D eigenvalue weighted by Gasteiger charge is -2.14. The highest BCUT2D eigenvalue weighted by Crippen LogP contribution is 2.39. The van der Waals surface area contributed by atoms with Gasteiger partial charge in [0.15, 0.2) is 0 Å². The van der Waals surface area contributed by atoms with Crippen molar-refractivity contribution in [3.63, 3.8) is 0 Å². The first-order valence-corrected chi connectivity index (χ1v) is 7.27. The molecule has 1 aromatic heterocycles. The molecule has 0 bridgehead atoms. The summed E-state index contributed by atoms with van der Waals surface area (Å²) in [4.78, 5) is 0. The summed E-state index contributed by atoms with van der Waals surface area (Å²) in [5.41, 5.74) is 2.76. The number of rotatable bonds is 4. The second-order valence-corrected chi connectivity index (χ2v) is 6.01. The SMILES string of the molecule is C=CC1CC(C=C)C(Cn2c(C)c(C)[n+](C)c2C)C1. The fourth-order valence-electron chi connectivity index (χ4n) is 3.50. The van der Waals surface area contributed by atoms with Crippen LogP contribution >= 0.6 is 0 Å². The van der Waals surface area contributed by atoms with Gasteiger partial charge in [-0.2, -0.15) is 0 Å². The molecule has 1 aliphatic carbocycles. The maximum atomic E-state index is 4.02. The van der Waals surface area contributed by atoms with Gasteiger partial charge in [-0.1, -0.05) is 12.2 Å². The summed E-state index contributed by atoms with van der Waals surface area (Å²) in [6, 6.07) is 0. The van der Waals surface area contributed by atoms with Crippen molar-refractivity contribution in [1.29, 1.82) is 0 Å². The van der Waals surface area contributed by atoms with Gasteiger partial charge in [-0.15, -0.1) is 13.2 Å². The average Bonchev–Trinajstić information content (AvgIpc) is 2.90. The fourth-order valence-corrected chi connectivity index (χ4v) is 3.50. The molecule has 2 rings (SSSR count). The quantitative estimate of drug-likeness (QED) is 0.580. The molecule has 1 aromatic rings. The molecule has 0 saturated heterocycles. The standard InChI is InChI=1S/C17H27N2/c1-7-15-9-16(8-2)17(10-15)11-19-13(4)12(3)18(6)14(19)5/h7-8,15-17H,1-2,9-11H2,3-6H3/q+1. The van der Waals surface area contributed by atoms with Gasteiger partial charge < -0.3 is 0 Å². The number of aromatic nitrogens is 2. The van der Waals surface area contributed by atoms with E-state index in [0.29, 0.717) is 17.8 Å². The predicted molar refractivity (Wildman–Crippen MR) is 79.9 cm³/mol. The number of nitrogens with zero attached hydrogens (tertiary/aromatic N) is 2. The molecule has 3 unspecified atom stereocenters. The van der Waals surface area contributed by atoms with Crippen molar-refractivity contribution in [2.45, 2.75) is 40.2 Å². The molecule has 0 amide bonds. The molecular formula is C17H27N2+. The van der Waals surface area contributed by atoms with Crippen LogP contribution in [0.3, 0.4) is 0 Å². The normalized spacial score (nSPS) is 26.6. The van der Waals surface area contributed by atoms with E-state index in [1.54, 1.807) is 0 Å². The lowest BCUT2D eigenvalue weighted by atomic mass is 9.96. The van der Waals surface area contributed by atoms with Gasteiger partial charge >= 0.3 is 0 Å². The number of hydrogen-bond acceptors (Lipinski definition) is 0. The molecule has 2 heteroatoms. The molecule has 0 radical (unpaired) electrons. The van der Waals surface area contributed by atoms with Gasteiger partial charge in [0, 0.05) is 26.7 Å². The third kappa shape index (κ3) is 2.41. The van der Waals surface area contributed by atoms with Crippen molar-refractivity contribution in [3.8, 4) is 0 Å². The zero-order valence-corrected chi connectivity index (χ0v) is 12.8. The van der Waals surface area contributed by atoms with Crippen LogP contribution in [0.4, 0.5) is 0 Å². The molecule has 2 nitrogen and oxygen atoms in total. The number of allylic oxidation sites excluding steroid dienone is 2. The van der Waals surface area contributed by atoms with Crippen LogP contribution < -0.4 is 4.57 Å². The Hall–Kier alpha value is -1.31. The van der Waals surface area contributed by atoms with Gasteiger partial charge in [0.2, 0.25) is 0 Å². The lowest BCUT2D eigenvalue weighted by molar-refractivity contribution is -0.683. The molecule has 104 valence electrons. The molecule has 0 aromatic carbocycles. The number of imidazole rings is 1. The van der Waals surface area contributed by atoms with Gasteiger partial charge in [0.05, 0.1) is 13.6 Å². The van der Waals surface area contributed by atoms with Crippen molar-refractivity contribution in [2.24, 2.45) is 24.8 Å². The summed E-state index contributed by atoms with van der Waals surface area (Å²) < 4.78 is 4.76. The Morgan fingerprint density at radius 1 is 1.21 bits per heavy atom. The van der Waals surface area contributed by atoms with Gasteiger partial charge in [-0.25, -0.2) is 9.13 Å². The van der Waals surface area contributed by atoms with E-state index in [4.69, 9.17) is 0 Å². The largest absolute Gasteiger partial charge is 0.253 e. The predicted octanol–water partition coefficient (Wildman–Crippen LogP) is 3.25. The third-order valence-electron chi connectivity index (χ3n) is 5.15. The van der Waals surface area contributed by atoms with Crippen molar-refractivity contribution >= 4 is 0 Å². The highest BCUT2D eigenvalue weighted by atomic mass is 15.2. The van der Waals surface area contributed by atoms with E-state index in [2.05, 4.69) is 62.3 Å². The van der Waals surface area contributed by atoms with Crippen molar-refractivity contribution < 1.29 is 4.57 Å². The molecule has 1 aliphatic rings. The van der Waals surface area contributed by atoms with E-state index in [1.165, 1.54) is 30.1 Å². The summed E-state index contributed by atoms with van der Waals surface area (Å²) >= 11 is 0. The zero-order valence-electron chi connectivity index (χ0n) is 12.8. The molecule has 1 heterocycles. The minimum absolute atomic E-state index is 0.634. The van der Waals surface area contributed by atoms with Crippen LogP contribution in [-0.2, 0) is 13.6 Å². The third-order valence-corrected chi connectivity index (χ3v) is 5.15. The highest BCUT2D eigenvalue weighted by Gasteiger charge is 2.34. The first-order valence-electron chi connectivity index (χ1n) is 7.27. The van der Waals surface area contributed by atoms with E-state index in [1.807, 2.05) is 0 Å². The van der Waals surface area contributed by atoms with Crippen LogP contribution in [0.1, 0.15) is 30.1 Å². The Morgan fingerprint density at radius 3 is 2.37 bits per heavy atom.